The predicted molar refractivity (Wildman–Crippen MR) is 123 cm³/mol. The molecular formula is C21H16Cl2N8O. The molecule has 5 rings (SSSR count). The maximum absolute atomic E-state index is 13.6. The highest BCUT2D eigenvalue weighted by atomic mass is 35.5. The van der Waals surface area contributed by atoms with Crippen LogP contribution >= 0.6 is 23.2 Å². The summed E-state index contributed by atoms with van der Waals surface area (Å²) in [6.45, 7) is 1.98. The van der Waals surface area contributed by atoms with Crippen molar-refractivity contribution in [2.75, 3.05) is 5.32 Å². The largest absolute Gasteiger partial charge is 0.358 e. The number of halogens is 2. The number of anilines is 1. The van der Waals surface area contributed by atoms with Crippen LogP contribution in [0.25, 0.3) is 27.6 Å². The quantitative estimate of drug-likeness (QED) is 0.396. The Morgan fingerprint density at radius 2 is 1.97 bits per heavy atom. The first kappa shape index (κ1) is 20.3. The number of hydrogen-bond donors (Lipinski definition) is 2. The van der Waals surface area contributed by atoms with Gasteiger partial charge in [-0.15, -0.1) is 0 Å². The number of benzene rings is 1. The van der Waals surface area contributed by atoms with Gasteiger partial charge in [-0.25, -0.2) is 15.0 Å². The van der Waals surface area contributed by atoms with Gasteiger partial charge in [-0.05, 0) is 30.7 Å². The molecule has 9 nitrogen and oxygen atoms in total. The summed E-state index contributed by atoms with van der Waals surface area (Å²) in [6.07, 6.45) is 6.89. The van der Waals surface area contributed by atoms with Crippen LogP contribution in [-0.4, -0.2) is 34.7 Å². The predicted octanol–water partition coefficient (Wildman–Crippen LogP) is 4.32. The molecular weight excluding hydrogens is 451 g/mol. The third-order valence-corrected chi connectivity index (χ3v) is 5.74. The highest BCUT2D eigenvalue weighted by Gasteiger charge is 2.24. The summed E-state index contributed by atoms with van der Waals surface area (Å²) in [5, 5.41) is 11.0. The molecule has 160 valence electrons. The number of fused-ring (bicyclic) bond motifs is 2. The lowest BCUT2D eigenvalue weighted by atomic mass is 10.1. The molecule has 1 unspecified atom stereocenters. The summed E-state index contributed by atoms with van der Waals surface area (Å²) in [4.78, 5) is 31.4. The second-order valence-electron chi connectivity index (χ2n) is 7.02. The Morgan fingerprint density at radius 3 is 2.75 bits per heavy atom. The zero-order chi connectivity index (χ0) is 22.2. The first-order valence-corrected chi connectivity index (χ1v) is 10.6. The van der Waals surface area contributed by atoms with Crippen molar-refractivity contribution in [3.63, 3.8) is 0 Å². The Hall–Kier alpha value is -3.56. The van der Waals surface area contributed by atoms with Crippen LogP contribution in [0.15, 0.2) is 54.0 Å². The van der Waals surface area contributed by atoms with Crippen molar-refractivity contribution in [2.45, 2.75) is 19.4 Å². The monoisotopic (exact) mass is 466 g/mol. The number of hydrogen-bond acceptors (Lipinski definition) is 7. The molecule has 4 aromatic heterocycles. The van der Waals surface area contributed by atoms with Gasteiger partial charge in [-0.1, -0.05) is 30.1 Å². The fourth-order valence-electron chi connectivity index (χ4n) is 3.60. The number of aromatic nitrogens is 7. The molecule has 11 heteroatoms. The van der Waals surface area contributed by atoms with Gasteiger partial charge in [-0.3, -0.25) is 19.4 Å². The third-order valence-electron chi connectivity index (χ3n) is 5.12. The summed E-state index contributed by atoms with van der Waals surface area (Å²) in [7, 11) is 0. The minimum atomic E-state index is -0.405. The van der Waals surface area contributed by atoms with Crippen LogP contribution in [0.5, 0.6) is 0 Å². The molecule has 5 aromatic rings. The zero-order valence-electron chi connectivity index (χ0n) is 16.8. The van der Waals surface area contributed by atoms with Crippen molar-refractivity contribution in [3.05, 3.63) is 75.4 Å². The van der Waals surface area contributed by atoms with Gasteiger partial charge in [0.25, 0.3) is 5.56 Å². The molecule has 0 aliphatic rings. The van der Waals surface area contributed by atoms with Crippen molar-refractivity contribution in [3.8, 4) is 5.69 Å². The average molecular weight is 467 g/mol. The molecule has 32 heavy (non-hydrogen) atoms. The first-order chi connectivity index (χ1) is 15.6. The summed E-state index contributed by atoms with van der Waals surface area (Å²) in [6, 6.07) is 6.47. The van der Waals surface area contributed by atoms with Crippen LogP contribution in [0.1, 0.15) is 25.2 Å². The molecule has 0 saturated carbocycles. The second-order valence-corrected chi connectivity index (χ2v) is 7.83. The van der Waals surface area contributed by atoms with Gasteiger partial charge in [0, 0.05) is 12.4 Å². The van der Waals surface area contributed by atoms with Crippen LogP contribution in [-0.2, 0) is 0 Å². The van der Waals surface area contributed by atoms with Gasteiger partial charge in [0.1, 0.15) is 17.7 Å². The Bertz CT molecular complexity index is 1490. The Labute approximate surface area is 191 Å². The molecule has 0 fully saturated rings. The normalized spacial score (nSPS) is 12.3. The van der Waals surface area contributed by atoms with E-state index in [4.69, 9.17) is 28.2 Å². The number of nitrogens with zero attached hydrogens (tertiary/aromatic N) is 6. The molecule has 0 radical (unpaired) electrons. The van der Waals surface area contributed by atoms with Gasteiger partial charge in [-0.2, -0.15) is 5.10 Å². The van der Waals surface area contributed by atoms with E-state index in [0.717, 1.165) is 0 Å². The van der Waals surface area contributed by atoms with E-state index in [1.54, 1.807) is 30.7 Å². The minimum absolute atomic E-state index is 0.244. The molecule has 0 aliphatic heterocycles. The standard InChI is InChI=1S/C21H16Cl2N8O/c1-2-14(29-19-18-15(25-10-26-19)4-3-7-24-18)20-30-17-13(23)6-5-12(22)16(17)21(32)31(20)11-8-27-28-9-11/h3-10,14H,2H2,1H3,(H,27,28)(H,25,26,29). The molecule has 4 heterocycles. The number of H-pyrrole nitrogens is 1. The van der Waals surface area contributed by atoms with Crippen LogP contribution in [0.4, 0.5) is 5.82 Å². The highest BCUT2D eigenvalue weighted by molar-refractivity contribution is 6.39. The van der Waals surface area contributed by atoms with Gasteiger partial charge < -0.3 is 5.32 Å². The van der Waals surface area contributed by atoms with Crippen LogP contribution in [0.2, 0.25) is 10.0 Å². The molecule has 0 amide bonds. The fraction of sp³-hybridized carbons (Fsp3) is 0.143. The number of nitrogens with one attached hydrogen (secondary N) is 2. The van der Waals surface area contributed by atoms with Crippen LogP contribution in [0, 0.1) is 0 Å². The molecule has 1 atom stereocenters. The van der Waals surface area contributed by atoms with E-state index >= 15 is 0 Å². The summed E-state index contributed by atoms with van der Waals surface area (Å²) in [5.74, 6) is 0.978. The third kappa shape index (κ3) is 3.35. The van der Waals surface area contributed by atoms with Crippen molar-refractivity contribution in [1.29, 1.82) is 0 Å². The zero-order valence-corrected chi connectivity index (χ0v) is 18.3. The summed E-state index contributed by atoms with van der Waals surface area (Å²) in [5.41, 5.74) is 1.84. The van der Waals surface area contributed by atoms with Gasteiger partial charge in [0.05, 0.1) is 44.4 Å². The second kappa shape index (κ2) is 8.18. The SMILES string of the molecule is CCC(Nc1ncnc2cccnc12)c1nc2c(Cl)ccc(Cl)c2c(=O)n1-c1cn[nH]c1. The van der Waals surface area contributed by atoms with Gasteiger partial charge in [0.2, 0.25) is 0 Å². The number of pyridine rings is 1. The maximum atomic E-state index is 13.6. The van der Waals surface area contributed by atoms with Gasteiger partial charge in [0.15, 0.2) is 5.82 Å². The van der Waals surface area contributed by atoms with E-state index < -0.39 is 6.04 Å². The average Bonchev–Trinajstić information content (AvgIpc) is 3.34. The first-order valence-electron chi connectivity index (χ1n) is 9.80. The van der Waals surface area contributed by atoms with Crippen LogP contribution in [0.3, 0.4) is 0 Å². The highest BCUT2D eigenvalue weighted by Crippen LogP contribution is 2.30. The molecule has 0 aliphatic carbocycles. The lowest BCUT2D eigenvalue weighted by molar-refractivity contribution is 0.659. The Morgan fingerprint density at radius 1 is 1.12 bits per heavy atom. The molecule has 0 spiro atoms. The van der Waals surface area contributed by atoms with E-state index in [2.05, 4.69) is 30.5 Å². The van der Waals surface area contributed by atoms with E-state index in [1.807, 2.05) is 19.1 Å². The van der Waals surface area contributed by atoms with Crippen molar-refractivity contribution in [1.82, 2.24) is 34.7 Å². The minimum Gasteiger partial charge on any atom is -0.358 e. The number of rotatable bonds is 5. The Kier molecular flexibility index (Phi) is 5.20. The van der Waals surface area contributed by atoms with E-state index in [1.165, 1.54) is 10.9 Å². The molecule has 1 aromatic carbocycles. The summed E-state index contributed by atoms with van der Waals surface area (Å²) >= 11 is 12.7. The van der Waals surface area contributed by atoms with Gasteiger partial charge >= 0.3 is 0 Å². The fourth-order valence-corrected chi connectivity index (χ4v) is 4.03. The number of aromatic amines is 1. The molecule has 0 saturated heterocycles. The van der Waals surface area contributed by atoms with Crippen molar-refractivity contribution < 1.29 is 0 Å². The molecule has 2 N–H and O–H groups in total. The van der Waals surface area contributed by atoms with E-state index in [9.17, 15) is 4.79 Å². The lowest BCUT2D eigenvalue weighted by Crippen LogP contribution is -2.28. The van der Waals surface area contributed by atoms with Crippen molar-refractivity contribution in [2.24, 2.45) is 0 Å². The van der Waals surface area contributed by atoms with E-state index in [-0.39, 0.29) is 16.0 Å². The summed E-state index contributed by atoms with van der Waals surface area (Å²) < 4.78 is 1.48. The maximum Gasteiger partial charge on any atom is 0.267 e. The van der Waals surface area contributed by atoms with Crippen molar-refractivity contribution >= 4 is 51.0 Å². The smallest absolute Gasteiger partial charge is 0.267 e. The lowest BCUT2D eigenvalue weighted by Gasteiger charge is -2.22. The Balaban J connectivity index is 1.75. The topological polar surface area (TPSA) is 114 Å². The van der Waals surface area contributed by atoms with Crippen LogP contribution < -0.4 is 10.9 Å². The van der Waals surface area contributed by atoms with E-state index in [0.29, 0.717) is 45.3 Å². The molecule has 0 bridgehead atoms.